The molecule has 2 unspecified atom stereocenters. The Morgan fingerprint density at radius 1 is 1.07 bits per heavy atom. The molecule has 3 atom stereocenters. The molecule has 0 bridgehead atoms. The maximum absolute atomic E-state index is 15.5. The zero-order valence-electron chi connectivity index (χ0n) is 23.8. The van der Waals surface area contributed by atoms with Crippen molar-refractivity contribution in [1.82, 2.24) is 29.4 Å². The molecule has 1 aromatic heterocycles. The van der Waals surface area contributed by atoms with E-state index in [0.29, 0.717) is 69.3 Å². The van der Waals surface area contributed by atoms with Crippen LogP contribution in [0.25, 0.3) is 10.9 Å². The minimum Gasteiger partial charge on any atom is -0.443 e. The Labute approximate surface area is 250 Å². The number of fused-ring (bicyclic) bond motifs is 3. The van der Waals surface area contributed by atoms with Gasteiger partial charge < -0.3 is 24.8 Å². The highest BCUT2D eigenvalue weighted by Crippen LogP contribution is 2.29. The standard InChI is InChI=1S/C28H34F3N7O6/c29-21-14-18(36-16-19(44-28(36)42)15-32-25(39)24(30)31)2-4-23(21)34-5-7-37-22-3-1-17(13-20(22)26(40)38(37)8-6-34)33-27(41)35-9-11-43-12-10-35/h1-3,13-14,19,23-25,32,39H,4-12,15-16H2,(H,33,41)/t19-,23?,25?/m0/s1. The fraction of sp³-hybridized carbons (Fsp3) is 0.536. The summed E-state index contributed by atoms with van der Waals surface area (Å²) in [4.78, 5) is 43.2. The third kappa shape index (κ3) is 6.06. The summed E-state index contributed by atoms with van der Waals surface area (Å²) in [6, 6.07) is 4.43. The first-order valence-corrected chi connectivity index (χ1v) is 14.6. The second-order valence-electron chi connectivity index (χ2n) is 11.1. The van der Waals surface area contributed by atoms with Gasteiger partial charge in [-0.25, -0.2) is 27.4 Å². The van der Waals surface area contributed by atoms with Gasteiger partial charge >= 0.3 is 12.1 Å². The van der Waals surface area contributed by atoms with Crippen molar-refractivity contribution in [3.63, 3.8) is 0 Å². The molecule has 3 aliphatic heterocycles. The number of hydrogen-bond donors (Lipinski definition) is 3. The van der Waals surface area contributed by atoms with Crippen LogP contribution in [-0.4, -0.2) is 119 Å². The molecule has 3 N–H and O–H groups in total. The first-order chi connectivity index (χ1) is 21.2. The average molecular weight is 622 g/mol. The lowest BCUT2D eigenvalue weighted by molar-refractivity contribution is -0.0286. The van der Waals surface area contributed by atoms with E-state index in [-0.39, 0.29) is 31.1 Å². The number of hydrogen-bond acceptors (Lipinski definition) is 8. The summed E-state index contributed by atoms with van der Waals surface area (Å²) >= 11 is 0. The van der Waals surface area contributed by atoms with Gasteiger partial charge in [0.1, 0.15) is 11.9 Å². The number of halogens is 3. The molecule has 0 radical (unpaired) electrons. The zero-order valence-corrected chi connectivity index (χ0v) is 23.8. The number of alkyl halides is 2. The molecule has 2 saturated heterocycles. The number of urea groups is 1. The highest BCUT2D eigenvalue weighted by molar-refractivity contribution is 5.92. The van der Waals surface area contributed by atoms with Crippen molar-refractivity contribution < 1.29 is 37.3 Å². The molecule has 2 aromatic rings. The number of rotatable bonds is 7. The Morgan fingerprint density at radius 2 is 1.82 bits per heavy atom. The normalized spacial score (nSPS) is 23.7. The number of benzene rings is 1. The quantitative estimate of drug-likeness (QED) is 0.397. The van der Waals surface area contributed by atoms with Gasteiger partial charge in [-0.05, 0) is 30.7 Å². The van der Waals surface area contributed by atoms with Gasteiger partial charge in [-0.15, -0.1) is 0 Å². The number of allylic oxidation sites excluding steroid dienone is 1. The Bertz CT molecular complexity index is 1540. The number of carbonyl (C=O) groups excluding carboxylic acids is 2. The number of cyclic esters (lactones) is 1. The summed E-state index contributed by atoms with van der Waals surface area (Å²) in [5.74, 6) is -0.436. The number of aliphatic hydroxyl groups is 1. The Morgan fingerprint density at radius 3 is 2.55 bits per heavy atom. The largest absolute Gasteiger partial charge is 0.443 e. The van der Waals surface area contributed by atoms with Gasteiger partial charge in [-0.1, -0.05) is 6.08 Å². The number of nitrogens with zero attached hydrogens (tertiary/aromatic N) is 5. The van der Waals surface area contributed by atoms with Crippen LogP contribution in [0, 0.1) is 0 Å². The van der Waals surface area contributed by atoms with E-state index < -0.39 is 36.7 Å². The van der Waals surface area contributed by atoms with E-state index in [1.807, 2.05) is 9.58 Å². The summed E-state index contributed by atoms with van der Waals surface area (Å²) in [5.41, 5.74) is 1.38. The number of anilines is 1. The lowest BCUT2D eigenvalue weighted by Crippen LogP contribution is -2.43. The molecule has 44 heavy (non-hydrogen) atoms. The van der Waals surface area contributed by atoms with Crippen LogP contribution in [0.3, 0.4) is 0 Å². The SMILES string of the molecule is O=C(Nc1ccc2c(c1)c(=O)n1n2CCN(C2CC=C(N3C[C@H](CNC(O)C(F)F)OC3=O)C=C2F)CC1)N1CCOCC1. The summed E-state index contributed by atoms with van der Waals surface area (Å²) in [7, 11) is 0. The summed E-state index contributed by atoms with van der Waals surface area (Å²) in [6.45, 7) is 3.48. The fourth-order valence-corrected chi connectivity index (χ4v) is 6.02. The van der Waals surface area contributed by atoms with E-state index in [2.05, 4.69) is 10.6 Å². The number of ether oxygens (including phenoxy) is 2. The third-order valence-corrected chi connectivity index (χ3v) is 8.35. The monoisotopic (exact) mass is 621 g/mol. The van der Waals surface area contributed by atoms with Crippen LogP contribution in [0.15, 0.2) is 46.7 Å². The van der Waals surface area contributed by atoms with Crippen molar-refractivity contribution in [3.05, 3.63) is 52.2 Å². The number of nitrogens with one attached hydrogen (secondary N) is 2. The summed E-state index contributed by atoms with van der Waals surface area (Å²) < 4.78 is 54.5. The van der Waals surface area contributed by atoms with Gasteiger partial charge in [-0.3, -0.25) is 24.6 Å². The number of aliphatic hydroxyl groups excluding tert-OH is 1. The van der Waals surface area contributed by atoms with Crippen LogP contribution in [0.1, 0.15) is 6.42 Å². The van der Waals surface area contributed by atoms with Gasteiger partial charge in [0, 0.05) is 44.1 Å². The van der Waals surface area contributed by atoms with Gasteiger partial charge in [0.2, 0.25) is 0 Å². The molecular formula is C28H34F3N7O6. The second-order valence-corrected chi connectivity index (χ2v) is 11.1. The lowest BCUT2D eigenvalue weighted by atomic mass is 10.0. The molecule has 4 heterocycles. The Kier molecular flexibility index (Phi) is 8.66. The first kappa shape index (κ1) is 30.2. The van der Waals surface area contributed by atoms with E-state index in [9.17, 15) is 28.3 Å². The van der Waals surface area contributed by atoms with Crippen LogP contribution in [0.2, 0.25) is 0 Å². The van der Waals surface area contributed by atoms with Crippen molar-refractivity contribution in [3.8, 4) is 0 Å². The Balaban J connectivity index is 1.08. The van der Waals surface area contributed by atoms with Crippen LogP contribution in [0.5, 0.6) is 0 Å². The van der Waals surface area contributed by atoms with Gasteiger partial charge in [0.05, 0.1) is 49.8 Å². The lowest BCUT2D eigenvalue weighted by Gasteiger charge is -2.31. The van der Waals surface area contributed by atoms with Crippen molar-refractivity contribution in [1.29, 1.82) is 0 Å². The maximum Gasteiger partial charge on any atom is 0.414 e. The van der Waals surface area contributed by atoms with E-state index in [4.69, 9.17) is 9.47 Å². The summed E-state index contributed by atoms with van der Waals surface area (Å²) in [6.07, 6.45) is -3.23. The van der Waals surface area contributed by atoms with Crippen molar-refractivity contribution >= 4 is 28.7 Å². The minimum atomic E-state index is -2.98. The molecule has 1 aliphatic carbocycles. The predicted molar refractivity (Wildman–Crippen MR) is 152 cm³/mol. The molecular weight excluding hydrogens is 587 g/mol. The van der Waals surface area contributed by atoms with Crippen LogP contribution in [-0.2, 0) is 22.6 Å². The van der Waals surface area contributed by atoms with Gasteiger partial charge in [-0.2, -0.15) is 0 Å². The third-order valence-electron chi connectivity index (χ3n) is 8.35. The average Bonchev–Trinajstić information content (AvgIpc) is 3.42. The zero-order chi connectivity index (χ0) is 31.0. The number of morpholine rings is 1. The van der Waals surface area contributed by atoms with Crippen molar-refractivity contribution in [2.75, 3.05) is 57.8 Å². The van der Waals surface area contributed by atoms with Gasteiger partial charge in [0.25, 0.3) is 12.0 Å². The number of aromatic nitrogens is 2. The number of amides is 3. The van der Waals surface area contributed by atoms with Crippen LogP contribution < -0.4 is 16.2 Å². The molecule has 238 valence electrons. The van der Waals surface area contributed by atoms with E-state index in [1.54, 1.807) is 33.9 Å². The first-order valence-electron chi connectivity index (χ1n) is 14.6. The van der Waals surface area contributed by atoms with E-state index in [0.717, 1.165) is 5.52 Å². The second kappa shape index (κ2) is 12.6. The molecule has 3 amide bonds. The molecule has 2 fully saturated rings. The maximum atomic E-state index is 15.5. The molecule has 0 spiro atoms. The highest BCUT2D eigenvalue weighted by Gasteiger charge is 2.36. The minimum absolute atomic E-state index is 0.0236. The molecule has 1 aromatic carbocycles. The van der Waals surface area contributed by atoms with Crippen molar-refractivity contribution in [2.24, 2.45) is 0 Å². The van der Waals surface area contributed by atoms with E-state index >= 15 is 4.39 Å². The predicted octanol–water partition coefficient (Wildman–Crippen LogP) is 1.49. The molecule has 16 heteroatoms. The van der Waals surface area contributed by atoms with E-state index in [1.165, 1.54) is 11.0 Å². The number of carbonyl (C=O) groups is 2. The molecule has 13 nitrogen and oxygen atoms in total. The Hall–Kier alpha value is -3.86. The van der Waals surface area contributed by atoms with Crippen LogP contribution in [0.4, 0.5) is 28.4 Å². The van der Waals surface area contributed by atoms with Crippen molar-refractivity contribution in [2.45, 2.75) is 44.3 Å². The van der Waals surface area contributed by atoms with Gasteiger partial charge in [0.15, 0.2) is 6.23 Å². The topological polar surface area (TPSA) is 134 Å². The smallest absolute Gasteiger partial charge is 0.414 e. The molecule has 6 rings (SSSR count). The highest BCUT2D eigenvalue weighted by atomic mass is 19.3. The fourth-order valence-electron chi connectivity index (χ4n) is 6.02. The molecule has 0 saturated carbocycles. The van der Waals surface area contributed by atoms with Crippen LogP contribution >= 0.6 is 0 Å². The molecule has 4 aliphatic rings. The summed E-state index contributed by atoms with van der Waals surface area (Å²) in [5, 5.41) is 14.8.